The lowest BCUT2D eigenvalue weighted by molar-refractivity contribution is 0.124. The molecule has 5 unspecified atom stereocenters. The Kier molecular flexibility index (Phi) is 4.45. The normalized spacial score (nSPS) is 35.1. The molecule has 4 nitrogen and oxygen atoms in total. The van der Waals surface area contributed by atoms with E-state index in [2.05, 4.69) is 47.2 Å². The molecule has 1 fully saturated rings. The summed E-state index contributed by atoms with van der Waals surface area (Å²) in [6.07, 6.45) is 14.3. The van der Waals surface area contributed by atoms with Gasteiger partial charge in [0.2, 0.25) is 0 Å². The SMILES string of the molecule is CC12CC(O)C3=C(CCC4CCC(O)CC4=C3)C1CC=C2c1ccc2cncnc2c1. The fourth-order valence-corrected chi connectivity index (χ4v) is 6.87. The van der Waals surface area contributed by atoms with Gasteiger partial charge in [-0.2, -0.15) is 0 Å². The largest absolute Gasteiger partial charge is 0.393 e. The first-order valence-electron chi connectivity index (χ1n) is 11.7. The van der Waals surface area contributed by atoms with Gasteiger partial charge in [0, 0.05) is 17.0 Å². The molecule has 4 aliphatic rings. The summed E-state index contributed by atoms with van der Waals surface area (Å²) < 4.78 is 0. The van der Waals surface area contributed by atoms with Gasteiger partial charge >= 0.3 is 0 Å². The Balaban J connectivity index is 1.38. The van der Waals surface area contributed by atoms with Gasteiger partial charge in [0.15, 0.2) is 0 Å². The number of rotatable bonds is 1. The first-order chi connectivity index (χ1) is 15.0. The van der Waals surface area contributed by atoms with Gasteiger partial charge in [-0.05, 0) is 79.6 Å². The zero-order chi connectivity index (χ0) is 21.2. The molecule has 160 valence electrons. The number of allylic oxidation sites excluding steroid dienone is 3. The van der Waals surface area contributed by atoms with Crippen molar-refractivity contribution in [2.45, 2.75) is 64.1 Å². The first kappa shape index (κ1) is 19.4. The average Bonchev–Trinajstić information content (AvgIpc) is 2.98. The molecule has 1 aromatic carbocycles. The van der Waals surface area contributed by atoms with Crippen LogP contribution in [-0.4, -0.2) is 32.4 Å². The first-order valence-corrected chi connectivity index (χ1v) is 11.7. The van der Waals surface area contributed by atoms with Crippen molar-refractivity contribution in [3.8, 4) is 0 Å². The second-order valence-electron chi connectivity index (χ2n) is 10.2. The fraction of sp³-hybridized carbons (Fsp3) is 0.481. The molecule has 0 saturated heterocycles. The highest BCUT2D eigenvalue weighted by Gasteiger charge is 2.49. The predicted molar refractivity (Wildman–Crippen MR) is 122 cm³/mol. The van der Waals surface area contributed by atoms with Crippen LogP contribution in [0.25, 0.3) is 16.5 Å². The Labute approximate surface area is 183 Å². The molecular weight excluding hydrogens is 384 g/mol. The zero-order valence-corrected chi connectivity index (χ0v) is 18.1. The predicted octanol–water partition coefficient (Wildman–Crippen LogP) is 4.98. The second kappa shape index (κ2) is 7.11. The summed E-state index contributed by atoms with van der Waals surface area (Å²) in [7, 11) is 0. The van der Waals surface area contributed by atoms with Crippen LogP contribution in [0.4, 0.5) is 0 Å². The molecule has 5 atom stereocenters. The highest BCUT2D eigenvalue weighted by Crippen LogP contribution is 2.59. The van der Waals surface area contributed by atoms with Crippen molar-refractivity contribution < 1.29 is 10.2 Å². The Morgan fingerprint density at radius 2 is 2.03 bits per heavy atom. The maximum absolute atomic E-state index is 11.3. The zero-order valence-electron chi connectivity index (χ0n) is 18.1. The Hall–Kier alpha value is -2.30. The summed E-state index contributed by atoms with van der Waals surface area (Å²) >= 11 is 0. The van der Waals surface area contributed by atoms with E-state index in [9.17, 15) is 10.2 Å². The van der Waals surface area contributed by atoms with E-state index in [-0.39, 0.29) is 11.5 Å². The van der Waals surface area contributed by atoms with Crippen molar-refractivity contribution >= 4 is 16.5 Å². The third-order valence-corrected chi connectivity index (χ3v) is 8.48. The fourth-order valence-electron chi connectivity index (χ4n) is 6.87. The Morgan fingerprint density at radius 1 is 1.13 bits per heavy atom. The number of fused-ring (bicyclic) bond motifs is 4. The lowest BCUT2D eigenvalue weighted by Gasteiger charge is -2.43. The Bertz CT molecular complexity index is 1150. The minimum absolute atomic E-state index is 0.0630. The third kappa shape index (κ3) is 3.03. The molecule has 0 aliphatic heterocycles. The van der Waals surface area contributed by atoms with Crippen molar-refractivity contribution in [3.05, 3.63) is 65.2 Å². The van der Waals surface area contributed by atoms with Crippen LogP contribution in [-0.2, 0) is 0 Å². The van der Waals surface area contributed by atoms with E-state index in [0.29, 0.717) is 11.8 Å². The lowest BCUT2D eigenvalue weighted by Crippen LogP contribution is -2.37. The summed E-state index contributed by atoms with van der Waals surface area (Å²) in [4.78, 5) is 8.59. The van der Waals surface area contributed by atoms with E-state index in [1.165, 1.54) is 22.3 Å². The minimum atomic E-state index is -0.439. The number of benzene rings is 1. The topological polar surface area (TPSA) is 66.2 Å². The molecule has 2 aromatic rings. The maximum atomic E-state index is 11.3. The van der Waals surface area contributed by atoms with Gasteiger partial charge in [-0.1, -0.05) is 42.4 Å². The molecule has 0 spiro atoms. The molecule has 1 aromatic heterocycles. The van der Waals surface area contributed by atoms with Crippen LogP contribution in [0.5, 0.6) is 0 Å². The van der Waals surface area contributed by atoms with E-state index < -0.39 is 6.10 Å². The summed E-state index contributed by atoms with van der Waals surface area (Å²) in [6.45, 7) is 2.35. The Morgan fingerprint density at radius 3 is 2.94 bits per heavy atom. The third-order valence-electron chi connectivity index (χ3n) is 8.48. The molecule has 31 heavy (non-hydrogen) atoms. The molecule has 2 N–H and O–H groups in total. The minimum Gasteiger partial charge on any atom is -0.393 e. The van der Waals surface area contributed by atoms with Gasteiger partial charge in [0.05, 0.1) is 17.7 Å². The smallest absolute Gasteiger partial charge is 0.116 e. The number of nitrogens with zero attached hydrogens (tertiary/aromatic N) is 2. The number of aromatic nitrogens is 2. The lowest BCUT2D eigenvalue weighted by atomic mass is 9.61. The van der Waals surface area contributed by atoms with E-state index >= 15 is 0 Å². The van der Waals surface area contributed by atoms with Gasteiger partial charge in [0.1, 0.15) is 6.33 Å². The monoisotopic (exact) mass is 414 g/mol. The molecule has 4 aliphatic carbocycles. The molecule has 1 saturated carbocycles. The summed E-state index contributed by atoms with van der Waals surface area (Å²) in [5.74, 6) is 1.02. The van der Waals surface area contributed by atoms with E-state index in [0.717, 1.165) is 61.4 Å². The van der Waals surface area contributed by atoms with Crippen LogP contribution in [0.15, 0.2) is 59.6 Å². The molecule has 0 bridgehead atoms. The van der Waals surface area contributed by atoms with Crippen LogP contribution in [0.3, 0.4) is 0 Å². The van der Waals surface area contributed by atoms with E-state index in [1.54, 1.807) is 6.33 Å². The number of hydrogen-bond donors (Lipinski definition) is 2. The summed E-state index contributed by atoms with van der Waals surface area (Å²) in [6, 6.07) is 6.47. The van der Waals surface area contributed by atoms with Crippen molar-refractivity contribution in [2.75, 3.05) is 0 Å². The van der Waals surface area contributed by atoms with Crippen molar-refractivity contribution in [1.29, 1.82) is 0 Å². The number of aliphatic hydroxyl groups is 2. The summed E-state index contributed by atoms with van der Waals surface area (Å²) in [5, 5.41) is 22.6. The second-order valence-corrected chi connectivity index (χ2v) is 10.2. The van der Waals surface area contributed by atoms with Gasteiger partial charge in [-0.3, -0.25) is 0 Å². The molecule has 0 radical (unpaired) electrons. The molecular formula is C27H30N2O2. The number of aliphatic hydroxyl groups excluding tert-OH is 2. The van der Waals surface area contributed by atoms with E-state index in [1.807, 2.05) is 6.20 Å². The molecule has 6 rings (SSSR count). The van der Waals surface area contributed by atoms with Crippen LogP contribution < -0.4 is 0 Å². The van der Waals surface area contributed by atoms with Crippen molar-refractivity contribution in [2.24, 2.45) is 17.3 Å². The van der Waals surface area contributed by atoms with Crippen LogP contribution in [0.1, 0.15) is 57.4 Å². The van der Waals surface area contributed by atoms with Crippen LogP contribution in [0, 0.1) is 17.3 Å². The molecule has 4 heteroatoms. The van der Waals surface area contributed by atoms with Crippen molar-refractivity contribution in [3.63, 3.8) is 0 Å². The standard InChI is InChI=1S/C27H30N2O2/c1-27-13-26(31)22-11-19-10-20(30)6-4-16(19)5-7-21(22)24(27)9-8-23(27)17-2-3-18-14-28-15-29-25(18)12-17/h2-3,8,11-12,14-16,20,24,26,30-31H,4-7,9-10,13H2,1H3. The molecule has 1 heterocycles. The quantitative estimate of drug-likeness (QED) is 0.691. The molecule has 0 amide bonds. The maximum Gasteiger partial charge on any atom is 0.116 e. The van der Waals surface area contributed by atoms with Crippen LogP contribution >= 0.6 is 0 Å². The van der Waals surface area contributed by atoms with Gasteiger partial charge in [-0.25, -0.2) is 9.97 Å². The van der Waals surface area contributed by atoms with Crippen LogP contribution in [0.2, 0.25) is 0 Å². The summed E-state index contributed by atoms with van der Waals surface area (Å²) in [5.41, 5.74) is 7.48. The average molecular weight is 415 g/mol. The highest BCUT2D eigenvalue weighted by molar-refractivity contribution is 5.84. The number of hydrogen-bond acceptors (Lipinski definition) is 4. The van der Waals surface area contributed by atoms with Crippen molar-refractivity contribution in [1.82, 2.24) is 9.97 Å². The van der Waals surface area contributed by atoms with Gasteiger partial charge in [-0.15, -0.1) is 0 Å². The van der Waals surface area contributed by atoms with Gasteiger partial charge in [0.25, 0.3) is 0 Å². The van der Waals surface area contributed by atoms with Gasteiger partial charge < -0.3 is 10.2 Å². The van der Waals surface area contributed by atoms with E-state index in [4.69, 9.17) is 0 Å². The highest BCUT2D eigenvalue weighted by atomic mass is 16.3.